The molecule has 0 radical (unpaired) electrons. The second kappa shape index (κ2) is 9.89. The topological polar surface area (TPSA) is 94.7 Å². The van der Waals surface area contributed by atoms with Gasteiger partial charge in [0.15, 0.2) is 5.65 Å². The van der Waals surface area contributed by atoms with E-state index < -0.39 is 28.1 Å². The number of carbonyl (C=O) groups is 1. The molecule has 34 heavy (non-hydrogen) atoms. The average Bonchev–Trinajstić information content (AvgIpc) is 3.11. The third kappa shape index (κ3) is 7.21. The van der Waals surface area contributed by atoms with Crippen LogP contribution in [0.15, 0.2) is 22.9 Å². The van der Waals surface area contributed by atoms with Gasteiger partial charge in [-0.15, -0.1) is 0 Å². The Bertz CT molecular complexity index is 1030. The van der Waals surface area contributed by atoms with Crippen molar-refractivity contribution in [1.29, 1.82) is 0 Å². The van der Waals surface area contributed by atoms with Gasteiger partial charge in [0, 0.05) is 24.8 Å². The molecule has 10 heteroatoms. The van der Waals surface area contributed by atoms with Crippen LogP contribution in [0.4, 0.5) is 8.78 Å². The largest absolute Gasteiger partial charge is 0.591 e. The maximum atomic E-state index is 13.8. The number of imidazole rings is 1. The van der Waals surface area contributed by atoms with Gasteiger partial charge in [-0.3, -0.25) is 4.79 Å². The van der Waals surface area contributed by atoms with Gasteiger partial charge in [0.2, 0.25) is 11.8 Å². The highest BCUT2D eigenvalue weighted by molar-refractivity contribution is 7.91. The molecule has 2 heterocycles. The molecule has 1 unspecified atom stereocenters. The maximum Gasteiger partial charge on any atom is 0.248 e. The zero-order chi connectivity index (χ0) is 25.3. The SMILES string of the molecule is CC(C)(C)CC(=O)N[C@H](c1cn2ncc(C=N[S+]([O-])C(C)(C)C)cc2n1)C1CCC(F)(F)CC1. The molecule has 188 valence electrons. The van der Waals surface area contributed by atoms with Crippen LogP contribution in [-0.2, 0) is 16.2 Å². The molecule has 0 aliphatic heterocycles. The van der Waals surface area contributed by atoms with E-state index in [1.807, 2.05) is 41.5 Å². The van der Waals surface area contributed by atoms with Gasteiger partial charge >= 0.3 is 0 Å². The minimum Gasteiger partial charge on any atom is -0.591 e. The summed E-state index contributed by atoms with van der Waals surface area (Å²) < 4.78 is 45.0. The molecule has 0 aromatic carbocycles. The molecule has 7 nitrogen and oxygen atoms in total. The van der Waals surface area contributed by atoms with Gasteiger partial charge in [-0.05, 0) is 51.0 Å². The van der Waals surface area contributed by atoms with Crippen LogP contribution in [0.5, 0.6) is 0 Å². The van der Waals surface area contributed by atoms with Crippen LogP contribution in [0, 0.1) is 11.3 Å². The van der Waals surface area contributed by atoms with E-state index in [-0.39, 0.29) is 30.1 Å². The Balaban J connectivity index is 1.87. The molecule has 1 fully saturated rings. The summed E-state index contributed by atoms with van der Waals surface area (Å²) in [5.74, 6) is -2.92. The lowest BCUT2D eigenvalue weighted by Gasteiger charge is -2.34. The molecule has 0 spiro atoms. The predicted molar refractivity (Wildman–Crippen MR) is 130 cm³/mol. The number of fused-ring (bicyclic) bond motifs is 1. The first-order valence-electron chi connectivity index (χ1n) is 11.6. The number of carbonyl (C=O) groups excluding carboxylic acids is 1. The number of hydrogen-bond acceptors (Lipinski definition) is 5. The maximum absolute atomic E-state index is 13.8. The number of halogens is 2. The van der Waals surface area contributed by atoms with E-state index in [9.17, 15) is 18.1 Å². The van der Waals surface area contributed by atoms with Gasteiger partial charge in [-0.1, -0.05) is 25.2 Å². The van der Waals surface area contributed by atoms with E-state index in [1.165, 1.54) is 6.21 Å². The summed E-state index contributed by atoms with van der Waals surface area (Å²) in [6, 6.07) is 1.29. The van der Waals surface area contributed by atoms with E-state index >= 15 is 0 Å². The molecule has 2 atom stereocenters. The van der Waals surface area contributed by atoms with Crippen molar-refractivity contribution < 1.29 is 18.1 Å². The van der Waals surface area contributed by atoms with Crippen LogP contribution < -0.4 is 5.32 Å². The fourth-order valence-corrected chi connectivity index (χ4v) is 4.47. The monoisotopic (exact) mass is 495 g/mol. The Morgan fingerprint density at radius 1 is 1.32 bits per heavy atom. The number of nitrogens with zero attached hydrogens (tertiary/aromatic N) is 4. The van der Waals surface area contributed by atoms with Crippen molar-refractivity contribution in [3.05, 3.63) is 29.7 Å². The van der Waals surface area contributed by atoms with Gasteiger partial charge in [-0.2, -0.15) is 5.10 Å². The fourth-order valence-electron chi connectivity index (χ4n) is 3.93. The Kier molecular flexibility index (Phi) is 7.72. The Hall–Kier alpha value is -2.07. The first-order chi connectivity index (χ1) is 15.6. The lowest BCUT2D eigenvalue weighted by Crippen LogP contribution is -2.38. The molecule has 1 N–H and O–H groups in total. The highest BCUT2D eigenvalue weighted by Gasteiger charge is 2.39. The van der Waals surface area contributed by atoms with Crippen LogP contribution in [0.3, 0.4) is 0 Å². The van der Waals surface area contributed by atoms with E-state index in [2.05, 4.69) is 19.8 Å². The molecular formula is C24H35F2N5O2S. The van der Waals surface area contributed by atoms with Crippen molar-refractivity contribution in [2.45, 2.75) is 90.4 Å². The summed E-state index contributed by atoms with van der Waals surface area (Å²) >= 11 is -1.39. The Labute approximate surface area is 203 Å². The van der Waals surface area contributed by atoms with E-state index in [0.29, 0.717) is 36.2 Å². The highest BCUT2D eigenvalue weighted by Crippen LogP contribution is 2.41. The van der Waals surface area contributed by atoms with E-state index in [1.54, 1.807) is 23.0 Å². The number of nitrogens with one attached hydrogen (secondary N) is 1. The van der Waals surface area contributed by atoms with Crippen molar-refractivity contribution in [1.82, 2.24) is 19.9 Å². The molecule has 1 aliphatic rings. The van der Waals surface area contributed by atoms with E-state index in [0.717, 1.165) is 0 Å². The van der Waals surface area contributed by atoms with Gasteiger partial charge in [0.1, 0.15) is 16.1 Å². The summed E-state index contributed by atoms with van der Waals surface area (Å²) in [5, 5.41) is 7.43. The zero-order valence-corrected chi connectivity index (χ0v) is 21.6. The van der Waals surface area contributed by atoms with Crippen LogP contribution in [0.2, 0.25) is 0 Å². The van der Waals surface area contributed by atoms with Crippen LogP contribution in [0.25, 0.3) is 5.65 Å². The predicted octanol–water partition coefficient (Wildman–Crippen LogP) is 5.03. The molecular weight excluding hydrogens is 460 g/mol. The minimum absolute atomic E-state index is 0.127. The van der Waals surface area contributed by atoms with Gasteiger partial charge in [0.05, 0.1) is 30.3 Å². The summed E-state index contributed by atoms with van der Waals surface area (Å²) in [5.41, 5.74) is 1.58. The quantitative estimate of drug-likeness (QED) is 0.449. The standard InChI is InChI=1S/C24H35F2N5O2S/c1-22(2,3)12-20(32)30-21(17-7-9-24(25,26)10-8-17)18-15-31-19(29-18)11-16(13-27-31)14-28-34(33)23(4,5)6/h11,13-15,17,21H,7-10,12H2,1-6H3,(H,30,32)/t21-,34?/m0/s1. The second-order valence-electron chi connectivity index (χ2n) is 11.3. The van der Waals surface area contributed by atoms with Crippen molar-refractivity contribution in [2.75, 3.05) is 0 Å². The molecule has 1 saturated carbocycles. The highest BCUT2D eigenvalue weighted by atomic mass is 32.2. The van der Waals surface area contributed by atoms with E-state index in [4.69, 9.17) is 0 Å². The summed E-state index contributed by atoms with van der Waals surface area (Å²) in [6.07, 6.45) is 5.39. The third-order valence-corrected chi connectivity index (χ3v) is 7.09. The summed E-state index contributed by atoms with van der Waals surface area (Å²) in [4.78, 5) is 17.4. The van der Waals surface area contributed by atoms with Crippen LogP contribution in [-0.4, -0.2) is 41.9 Å². The zero-order valence-electron chi connectivity index (χ0n) is 20.8. The number of hydrogen-bond donors (Lipinski definition) is 1. The van der Waals surface area contributed by atoms with Gasteiger partial charge in [0.25, 0.3) is 0 Å². The number of amides is 1. The fraction of sp³-hybridized carbons (Fsp3) is 0.667. The molecule has 0 saturated heterocycles. The van der Waals surface area contributed by atoms with Crippen molar-refractivity contribution in [3.8, 4) is 0 Å². The molecule has 3 rings (SSSR count). The van der Waals surface area contributed by atoms with Crippen molar-refractivity contribution in [3.63, 3.8) is 0 Å². The lowest BCUT2D eigenvalue weighted by molar-refractivity contribution is -0.124. The lowest BCUT2D eigenvalue weighted by atomic mass is 9.80. The van der Waals surface area contributed by atoms with Gasteiger partial charge in [-0.25, -0.2) is 18.3 Å². The summed E-state index contributed by atoms with van der Waals surface area (Å²) in [7, 11) is 0. The van der Waals surface area contributed by atoms with Crippen LogP contribution >= 0.6 is 0 Å². The normalized spacial score (nSPS) is 19.4. The molecule has 2 aromatic heterocycles. The average molecular weight is 496 g/mol. The van der Waals surface area contributed by atoms with Crippen molar-refractivity contribution in [2.24, 2.45) is 15.7 Å². The Morgan fingerprint density at radius 2 is 1.97 bits per heavy atom. The summed E-state index contributed by atoms with van der Waals surface area (Å²) in [6.45, 7) is 11.5. The van der Waals surface area contributed by atoms with Gasteiger partial charge < -0.3 is 9.87 Å². The third-order valence-electron chi connectivity index (χ3n) is 5.74. The Morgan fingerprint density at radius 3 is 2.56 bits per heavy atom. The molecule has 2 aromatic rings. The number of rotatable bonds is 6. The number of aromatic nitrogens is 3. The minimum atomic E-state index is -2.65. The van der Waals surface area contributed by atoms with Crippen LogP contribution in [0.1, 0.15) is 90.9 Å². The molecule has 1 amide bonds. The molecule has 1 aliphatic carbocycles. The first-order valence-corrected chi connectivity index (χ1v) is 12.7. The first kappa shape index (κ1) is 26.5. The smallest absolute Gasteiger partial charge is 0.248 e. The van der Waals surface area contributed by atoms with Crippen molar-refractivity contribution >= 4 is 29.1 Å². The second-order valence-corrected chi connectivity index (χ2v) is 13.3. The molecule has 0 bridgehead atoms. The number of alkyl halides is 2.